The SMILES string of the molecule is c1ccc(-c2ccc(N(c3ccc(-c4ccccc4)cc3)c3ccc4c(c3)sc3cc(-n5c6ccccc6c6c7ccccc7ccc65)ccc34)cc2)cc1. The van der Waals surface area contributed by atoms with Gasteiger partial charge < -0.3 is 9.47 Å². The fourth-order valence-electron chi connectivity index (χ4n) is 8.36. The molecule has 0 saturated heterocycles. The van der Waals surface area contributed by atoms with Crippen LogP contribution in [0.25, 0.3) is 80.7 Å². The number of benzene rings is 9. The number of hydrogen-bond acceptors (Lipinski definition) is 2. The first-order valence-electron chi connectivity index (χ1n) is 18.8. The Morgan fingerprint density at radius 3 is 1.55 bits per heavy atom. The minimum Gasteiger partial charge on any atom is -0.310 e. The Labute approximate surface area is 323 Å². The molecule has 0 atom stereocenters. The summed E-state index contributed by atoms with van der Waals surface area (Å²) in [7, 11) is 0. The lowest BCUT2D eigenvalue weighted by Gasteiger charge is -2.26. The third kappa shape index (κ3) is 5.32. The summed E-state index contributed by atoms with van der Waals surface area (Å²) >= 11 is 1.87. The Kier molecular flexibility index (Phi) is 7.39. The lowest BCUT2D eigenvalue weighted by molar-refractivity contribution is 1.19. The highest BCUT2D eigenvalue weighted by Crippen LogP contribution is 2.43. The van der Waals surface area contributed by atoms with E-state index in [0.29, 0.717) is 0 Å². The molecule has 0 amide bonds. The van der Waals surface area contributed by atoms with Crippen molar-refractivity contribution in [3.05, 3.63) is 206 Å². The number of para-hydroxylation sites is 1. The van der Waals surface area contributed by atoms with Gasteiger partial charge in [-0.15, -0.1) is 11.3 Å². The van der Waals surface area contributed by atoms with E-state index in [4.69, 9.17) is 0 Å². The molecule has 0 aliphatic carbocycles. The molecule has 0 spiro atoms. The van der Waals surface area contributed by atoms with Crippen molar-refractivity contribution in [3.63, 3.8) is 0 Å². The van der Waals surface area contributed by atoms with Gasteiger partial charge in [0.25, 0.3) is 0 Å². The zero-order valence-corrected chi connectivity index (χ0v) is 30.7. The highest BCUT2D eigenvalue weighted by atomic mass is 32.1. The van der Waals surface area contributed by atoms with Crippen molar-refractivity contribution in [3.8, 4) is 27.9 Å². The van der Waals surface area contributed by atoms with E-state index >= 15 is 0 Å². The van der Waals surface area contributed by atoms with E-state index in [1.54, 1.807) is 0 Å². The van der Waals surface area contributed by atoms with Crippen LogP contribution in [0, 0.1) is 0 Å². The topological polar surface area (TPSA) is 8.17 Å². The maximum Gasteiger partial charge on any atom is 0.0547 e. The molecule has 11 rings (SSSR count). The number of aromatic nitrogens is 1. The highest BCUT2D eigenvalue weighted by molar-refractivity contribution is 7.25. The molecular weight excluding hydrogens is 685 g/mol. The van der Waals surface area contributed by atoms with Crippen molar-refractivity contribution >= 4 is 81.1 Å². The average molecular weight is 719 g/mol. The number of hydrogen-bond donors (Lipinski definition) is 0. The van der Waals surface area contributed by atoms with E-state index < -0.39 is 0 Å². The predicted octanol–water partition coefficient (Wildman–Crippen LogP) is 15.1. The molecule has 0 saturated carbocycles. The molecule has 0 aliphatic heterocycles. The van der Waals surface area contributed by atoms with Gasteiger partial charge in [-0.3, -0.25) is 0 Å². The number of rotatable bonds is 6. The molecule has 3 heteroatoms. The zero-order chi connectivity index (χ0) is 36.3. The maximum atomic E-state index is 2.44. The Hall–Kier alpha value is -6.94. The Bertz CT molecular complexity index is 3090. The van der Waals surface area contributed by atoms with Gasteiger partial charge in [-0.2, -0.15) is 0 Å². The van der Waals surface area contributed by atoms with E-state index in [1.807, 2.05) is 11.3 Å². The first kappa shape index (κ1) is 31.6. The van der Waals surface area contributed by atoms with Crippen LogP contribution in [-0.2, 0) is 0 Å². The number of fused-ring (bicyclic) bond motifs is 8. The van der Waals surface area contributed by atoms with Gasteiger partial charge in [0.2, 0.25) is 0 Å². The first-order valence-corrected chi connectivity index (χ1v) is 19.6. The molecular formula is C52H34N2S. The summed E-state index contributed by atoms with van der Waals surface area (Å²) in [5.74, 6) is 0. The lowest BCUT2D eigenvalue weighted by Crippen LogP contribution is -2.09. The molecule has 258 valence electrons. The van der Waals surface area contributed by atoms with Crippen LogP contribution in [0.5, 0.6) is 0 Å². The minimum absolute atomic E-state index is 1.12. The first-order chi connectivity index (χ1) is 27.3. The summed E-state index contributed by atoms with van der Waals surface area (Å²) in [6, 6.07) is 75.0. The van der Waals surface area contributed by atoms with Gasteiger partial charge in [0.1, 0.15) is 0 Å². The van der Waals surface area contributed by atoms with Gasteiger partial charge in [-0.1, -0.05) is 146 Å². The van der Waals surface area contributed by atoms with Crippen LogP contribution < -0.4 is 4.90 Å². The van der Waals surface area contributed by atoms with Crippen LogP contribution in [0.1, 0.15) is 0 Å². The molecule has 0 radical (unpaired) electrons. The third-order valence-corrected chi connectivity index (χ3v) is 12.1. The molecule has 2 heterocycles. The predicted molar refractivity (Wildman–Crippen MR) is 237 cm³/mol. The minimum atomic E-state index is 1.12. The van der Waals surface area contributed by atoms with E-state index in [9.17, 15) is 0 Å². The second-order valence-electron chi connectivity index (χ2n) is 14.2. The van der Waals surface area contributed by atoms with E-state index in [-0.39, 0.29) is 0 Å². The molecule has 0 bridgehead atoms. The van der Waals surface area contributed by atoms with Gasteiger partial charge >= 0.3 is 0 Å². The van der Waals surface area contributed by atoms with Crippen molar-refractivity contribution in [2.45, 2.75) is 0 Å². The van der Waals surface area contributed by atoms with Crippen LogP contribution >= 0.6 is 11.3 Å². The summed E-state index contributed by atoms with van der Waals surface area (Å²) in [6.07, 6.45) is 0. The van der Waals surface area contributed by atoms with Gasteiger partial charge in [0, 0.05) is 53.7 Å². The fraction of sp³-hybridized carbons (Fsp3) is 0. The zero-order valence-electron chi connectivity index (χ0n) is 29.9. The molecule has 0 unspecified atom stereocenters. The third-order valence-electron chi connectivity index (χ3n) is 11.0. The Morgan fingerprint density at radius 1 is 0.345 bits per heavy atom. The van der Waals surface area contributed by atoms with Gasteiger partial charge in [-0.05, 0) is 93.7 Å². The second kappa shape index (κ2) is 12.9. The van der Waals surface area contributed by atoms with Crippen LogP contribution in [0.3, 0.4) is 0 Å². The van der Waals surface area contributed by atoms with Crippen molar-refractivity contribution in [1.29, 1.82) is 0 Å². The molecule has 2 nitrogen and oxygen atoms in total. The lowest BCUT2D eigenvalue weighted by atomic mass is 10.0. The molecule has 11 aromatic rings. The van der Waals surface area contributed by atoms with Gasteiger partial charge in [0.15, 0.2) is 0 Å². The van der Waals surface area contributed by atoms with E-state index in [2.05, 4.69) is 216 Å². The van der Waals surface area contributed by atoms with Crippen LogP contribution in [-0.4, -0.2) is 4.57 Å². The number of nitrogens with zero attached hydrogens (tertiary/aromatic N) is 2. The Morgan fingerprint density at radius 2 is 0.873 bits per heavy atom. The van der Waals surface area contributed by atoms with Crippen molar-refractivity contribution < 1.29 is 0 Å². The van der Waals surface area contributed by atoms with Crippen LogP contribution in [0.2, 0.25) is 0 Å². The van der Waals surface area contributed by atoms with E-state index in [1.165, 1.54) is 80.7 Å². The molecule has 55 heavy (non-hydrogen) atoms. The summed E-state index contributed by atoms with van der Waals surface area (Å²) < 4.78 is 4.98. The Balaban J connectivity index is 1.04. The van der Waals surface area contributed by atoms with Gasteiger partial charge in [0.05, 0.1) is 11.0 Å². The quantitative estimate of drug-likeness (QED) is 0.166. The molecule has 9 aromatic carbocycles. The van der Waals surface area contributed by atoms with Crippen LogP contribution in [0.4, 0.5) is 17.1 Å². The summed E-state index contributed by atoms with van der Waals surface area (Å²) in [5.41, 5.74) is 11.8. The number of anilines is 3. The standard InChI is InChI=1S/C52H34N2S/c1-3-11-35(12-4-1)37-19-24-40(25-20-37)53(41-26-21-38(22-27-41)36-13-5-2-6-14-36)42-28-30-45-46-31-29-43(34-51(46)55-50(45)33-42)54-48-18-10-9-17-47(48)52-44-16-8-7-15-39(44)23-32-49(52)54/h1-34H. The normalized spacial score (nSPS) is 11.6. The monoisotopic (exact) mass is 718 g/mol. The van der Waals surface area contributed by atoms with E-state index in [0.717, 1.165) is 17.1 Å². The summed E-state index contributed by atoms with van der Waals surface area (Å²) in [5, 5.41) is 7.71. The molecule has 0 N–H and O–H groups in total. The van der Waals surface area contributed by atoms with Crippen LogP contribution in [0.15, 0.2) is 206 Å². The summed E-state index contributed by atoms with van der Waals surface area (Å²) in [6.45, 7) is 0. The van der Waals surface area contributed by atoms with Gasteiger partial charge in [-0.25, -0.2) is 0 Å². The number of thiophene rings is 1. The van der Waals surface area contributed by atoms with Crippen molar-refractivity contribution in [2.24, 2.45) is 0 Å². The molecule has 0 fully saturated rings. The smallest absolute Gasteiger partial charge is 0.0547 e. The second-order valence-corrected chi connectivity index (χ2v) is 15.2. The van der Waals surface area contributed by atoms with Crippen molar-refractivity contribution in [1.82, 2.24) is 4.57 Å². The molecule has 2 aromatic heterocycles. The average Bonchev–Trinajstić information content (AvgIpc) is 3.80. The molecule has 0 aliphatic rings. The fourth-order valence-corrected chi connectivity index (χ4v) is 9.54. The highest BCUT2D eigenvalue weighted by Gasteiger charge is 2.18. The summed E-state index contributed by atoms with van der Waals surface area (Å²) in [4.78, 5) is 2.38. The van der Waals surface area contributed by atoms with Crippen molar-refractivity contribution in [2.75, 3.05) is 4.90 Å². The maximum absolute atomic E-state index is 2.44. The largest absolute Gasteiger partial charge is 0.310 e.